The SMILES string of the molecule is O=C(O)CN(C(=O)c1csnn1)c1ccc(Cl)cc1. The minimum atomic E-state index is -1.12. The highest BCUT2D eigenvalue weighted by atomic mass is 35.5. The van der Waals surface area contributed by atoms with Gasteiger partial charge in [-0.15, -0.1) is 5.10 Å². The lowest BCUT2D eigenvalue weighted by atomic mass is 10.2. The van der Waals surface area contributed by atoms with Gasteiger partial charge in [0.25, 0.3) is 5.91 Å². The molecule has 0 spiro atoms. The number of nitrogens with zero attached hydrogens (tertiary/aromatic N) is 3. The molecule has 19 heavy (non-hydrogen) atoms. The van der Waals surface area contributed by atoms with Crippen molar-refractivity contribution in [3.8, 4) is 0 Å². The molecule has 98 valence electrons. The third kappa shape index (κ3) is 3.27. The zero-order valence-corrected chi connectivity index (χ0v) is 11.1. The molecule has 0 fully saturated rings. The number of aliphatic carboxylic acids is 1. The van der Waals surface area contributed by atoms with Gasteiger partial charge in [0.15, 0.2) is 5.69 Å². The third-order valence-electron chi connectivity index (χ3n) is 2.26. The van der Waals surface area contributed by atoms with Gasteiger partial charge >= 0.3 is 5.97 Å². The molecule has 0 aliphatic heterocycles. The second-order valence-electron chi connectivity index (χ2n) is 3.55. The molecule has 2 rings (SSSR count). The van der Waals surface area contributed by atoms with Gasteiger partial charge in [-0.25, -0.2) is 0 Å². The Morgan fingerprint density at radius 1 is 1.32 bits per heavy atom. The number of halogens is 1. The number of amides is 1. The zero-order chi connectivity index (χ0) is 13.8. The summed E-state index contributed by atoms with van der Waals surface area (Å²) >= 11 is 6.79. The average Bonchev–Trinajstić information content (AvgIpc) is 2.90. The fraction of sp³-hybridized carbons (Fsp3) is 0.0909. The van der Waals surface area contributed by atoms with E-state index in [2.05, 4.69) is 9.59 Å². The van der Waals surface area contributed by atoms with Crippen LogP contribution in [0, 0.1) is 0 Å². The predicted octanol–water partition coefficient (Wildman–Crippen LogP) is 1.92. The maximum atomic E-state index is 12.2. The first-order chi connectivity index (χ1) is 9.08. The van der Waals surface area contributed by atoms with Gasteiger partial charge in [0.05, 0.1) is 0 Å². The second kappa shape index (κ2) is 5.77. The van der Waals surface area contributed by atoms with Crippen LogP contribution in [0.25, 0.3) is 0 Å². The summed E-state index contributed by atoms with van der Waals surface area (Å²) in [4.78, 5) is 24.1. The van der Waals surface area contributed by atoms with Crippen LogP contribution in [0.3, 0.4) is 0 Å². The lowest BCUT2D eigenvalue weighted by molar-refractivity contribution is -0.135. The molecule has 0 radical (unpaired) electrons. The van der Waals surface area contributed by atoms with Crippen molar-refractivity contribution in [2.24, 2.45) is 0 Å². The van der Waals surface area contributed by atoms with Crippen LogP contribution in [0.2, 0.25) is 5.02 Å². The van der Waals surface area contributed by atoms with Crippen LogP contribution in [0.15, 0.2) is 29.6 Å². The highest BCUT2D eigenvalue weighted by molar-refractivity contribution is 7.03. The zero-order valence-electron chi connectivity index (χ0n) is 9.49. The smallest absolute Gasteiger partial charge is 0.323 e. The quantitative estimate of drug-likeness (QED) is 0.932. The summed E-state index contributed by atoms with van der Waals surface area (Å²) in [5.74, 6) is -1.63. The Labute approximate surface area is 117 Å². The molecule has 0 unspecified atom stereocenters. The lowest BCUT2D eigenvalue weighted by Crippen LogP contribution is -2.35. The third-order valence-corrected chi connectivity index (χ3v) is 3.01. The number of anilines is 1. The van der Waals surface area contributed by atoms with E-state index in [9.17, 15) is 9.59 Å². The molecular weight excluding hydrogens is 290 g/mol. The van der Waals surface area contributed by atoms with E-state index in [1.54, 1.807) is 24.3 Å². The maximum absolute atomic E-state index is 12.2. The van der Waals surface area contributed by atoms with Crippen molar-refractivity contribution in [3.63, 3.8) is 0 Å². The molecule has 2 aromatic rings. The fourth-order valence-electron chi connectivity index (χ4n) is 1.43. The van der Waals surface area contributed by atoms with Crippen LogP contribution in [-0.2, 0) is 4.79 Å². The number of hydrogen-bond donors (Lipinski definition) is 1. The second-order valence-corrected chi connectivity index (χ2v) is 4.60. The number of rotatable bonds is 4. The van der Waals surface area contributed by atoms with E-state index >= 15 is 0 Å². The molecule has 1 N–H and O–H groups in total. The molecule has 0 bridgehead atoms. The molecule has 0 aliphatic carbocycles. The summed E-state index contributed by atoms with van der Waals surface area (Å²) in [5.41, 5.74) is 0.547. The van der Waals surface area contributed by atoms with E-state index in [1.165, 1.54) is 5.38 Å². The van der Waals surface area contributed by atoms with Crippen LogP contribution in [0.1, 0.15) is 10.5 Å². The number of carboxylic acids is 1. The summed E-state index contributed by atoms with van der Waals surface area (Å²) in [5, 5.41) is 14.5. The van der Waals surface area contributed by atoms with Crippen LogP contribution in [0.5, 0.6) is 0 Å². The minimum Gasteiger partial charge on any atom is -0.480 e. The number of hydrogen-bond acceptors (Lipinski definition) is 5. The average molecular weight is 298 g/mol. The monoisotopic (exact) mass is 297 g/mol. The Morgan fingerprint density at radius 3 is 2.53 bits per heavy atom. The summed E-state index contributed by atoms with van der Waals surface area (Å²) in [7, 11) is 0. The van der Waals surface area contributed by atoms with Gasteiger partial charge in [-0.1, -0.05) is 16.1 Å². The number of aromatic nitrogens is 2. The Hall–Kier alpha value is -1.99. The lowest BCUT2D eigenvalue weighted by Gasteiger charge is -2.19. The molecule has 0 aliphatic rings. The number of benzene rings is 1. The normalized spacial score (nSPS) is 10.2. The van der Waals surface area contributed by atoms with Gasteiger partial charge < -0.3 is 5.11 Å². The Balaban J connectivity index is 2.33. The van der Waals surface area contributed by atoms with Gasteiger partial charge in [-0.2, -0.15) is 0 Å². The van der Waals surface area contributed by atoms with Crippen molar-refractivity contribution < 1.29 is 14.7 Å². The van der Waals surface area contributed by atoms with Gasteiger partial charge in [0.2, 0.25) is 0 Å². The van der Waals surface area contributed by atoms with Crippen molar-refractivity contribution in [1.82, 2.24) is 9.59 Å². The highest BCUT2D eigenvalue weighted by Gasteiger charge is 2.22. The molecule has 0 saturated carbocycles. The van der Waals surface area contributed by atoms with Crippen LogP contribution in [0.4, 0.5) is 5.69 Å². The molecule has 1 aromatic carbocycles. The van der Waals surface area contributed by atoms with Crippen molar-refractivity contribution in [3.05, 3.63) is 40.4 Å². The molecule has 1 amide bonds. The number of carboxylic acid groups (broad SMARTS) is 1. The number of carbonyl (C=O) groups is 2. The van der Waals surface area contributed by atoms with Gasteiger partial charge in [-0.3, -0.25) is 14.5 Å². The Bertz CT molecular complexity index is 586. The molecule has 0 atom stereocenters. The van der Waals surface area contributed by atoms with Crippen molar-refractivity contribution in [2.75, 3.05) is 11.4 Å². The van der Waals surface area contributed by atoms with Gasteiger partial charge in [0, 0.05) is 16.1 Å². The Kier molecular flexibility index (Phi) is 4.08. The van der Waals surface area contributed by atoms with E-state index in [0.717, 1.165) is 16.4 Å². The first-order valence-corrected chi connectivity index (χ1v) is 6.35. The highest BCUT2D eigenvalue weighted by Crippen LogP contribution is 2.19. The van der Waals surface area contributed by atoms with E-state index in [-0.39, 0.29) is 5.69 Å². The summed E-state index contributed by atoms with van der Waals surface area (Å²) in [6.07, 6.45) is 0. The van der Waals surface area contributed by atoms with Crippen LogP contribution < -0.4 is 4.90 Å². The molecule has 8 heteroatoms. The first-order valence-electron chi connectivity index (χ1n) is 5.14. The Morgan fingerprint density at radius 2 is 2.00 bits per heavy atom. The largest absolute Gasteiger partial charge is 0.480 e. The van der Waals surface area contributed by atoms with Crippen LogP contribution in [-0.4, -0.2) is 33.1 Å². The topological polar surface area (TPSA) is 83.4 Å². The van der Waals surface area contributed by atoms with E-state index in [0.29, 0.717) is 10.7 Å². The maximum Gasteiger partial charge on any atom is 0.323 e. The molecule has 0 saturated heterocycles. The van der Waals surface area contributed by atoms with Crippen molar-refractivity contribution >= 4 is 40.7 Å². The summed E-state index contributed by atoms with van der Waals surface area (Å²) in [6, 6.07) is 6.31. The van der Waals surface area contributed by atoms with Gasteiger partial charge in [-0.05, 0) is 35.8 Å². The molecule has 1 aromatic heterocycles. The molecule has 6 nitrogen and oxygen atoms in total. The molecular formula is C11H8ClN3O3S. The summed E-state index contributed by atoms with van der Waals surface area (Å²) in [6.45, 7) is -0.460. The van der Waals surface area contributed by atoms with Crippen LogP contribution >= 0.6 is 23.1 Å². The van der Waals surface area contributed by atoms with E-state index < -0.39 is 18.4 Å². The summed E-state index contributed by atoms with van der Waals surface area (Å²) < 4.78 is 3.59. The van der Waals surface area contributed by atoms with Gasteiger partial charge in [0.1, 0.15) is 6.54 Å². The van der Waals surface area contributed by atoms with Crippen molar-refractivity contribution in [2.45, 2.75) is 0 Å². The first kappa shape index (κ1) is 13.4. The fourth-order valence-corrected chi connectivity index (χ4v) is 1.99. The number of carbonyl (C=O) groups excluding carboxylic acids is 1. The van der Waals surface area contributed by atoms with Crippen molar-refractivity contribution in [1.29, 1.82) is 0 Å². The standard InChI is InChI=1S/C11H8ClN3O3S/c12-7-1-3-8(4-2-7)15(5-10(16)17)11(18)9-6-19-14-13-9/h1-4,6H,5H2,(H,16,17). The van der Waals surface area contributed by atoms with E-state index in [1.807, 2.05) is 0 Å². The predicted molar refractivity (Wildman–Crippen MR) is 70.7 cm³/mol. The molecule has 1 heterocycles. The van der Waals surface area contributed by atoms with E-state index in [4.69, 9.17) is 16.7 Å². The minimum absolute atomic E-state index is 0.112.